The number of ether oxygens (including phenoxy) is 1. The molecule has 2 N–H and O–H groups in total. The van der Waals surface area contributed by atoms with E-state index >= 15 is 0 Å². The molecule has 0 aliphatic carbocycles. The zero-order valence-corrected chi connectivity index (χ0v) is 11.2. The van der Waals surface area contributed by atoms with Crippen molar-refractivity contribution in [3.63, 3.8) is 0 Å². The topological polar surface area (TPSA) is 48.1 Å². The smallest absolute Gasteiger partial charge is 0.217 e. The van der Waals surface area contributed by atoms with E-state index < -0.39 is 6.04 Å². The number of nitrogens with zero attached hydrogens (tertiary/aromatic N) is 1. The molecule has 1 atom stereocenters. The van der Waals surface area contributed by atoms with Crippen LogP contribution in [0.5, 0.6) is 5.88 Å². The average molecular weight is 281 g/mol. The molecule has 1 unspecified atom stereocenters. The van der Waals surface area contributed by atoms with Gasteiger partial charge in [-0.3, -0.25) is 0 Å². The molecule has 1 aromatic heterocycles. The first kappa shape index (κ1) is 13.8. The number of rotatable bonds is 4. The van der Waals surface area contributed by atoms with E-state index in [1.807, 2.05) is 6.07 Å². The van der Waals surface area contributed by atoms with Gasteiger partial charge in [-0.15, -0.1) is 0 Å². The van der Waals surface area contributed by atoms with Crippen LogP contribution in [0.3, 0.4) is 0 Å². The van der Waals surface area contributed by atoms with Crippen LogP contribution in [0.25, 0.3) is 0 Å². The monoisotopic (exact) mass is 280 g/mol. The number of methoxy groups -OCH3 is 1. The Kier molecular flexibility index (Phi) is 4.35. The van der Waals surface area contributed by atoms with Gasteiger partial charge in [-0.05, 0) is 36.2 Å². The molecule has 0 saturated carbocycles. The minimum Gasteiger partial charge on any atom is -0.481 e. The first-order valence-corrected chi connectivity index (χ1v) is 6.18. The molecule has 0 amide bonds. The van der Waals surface area contributed by atoms with Gasteiger partial charge in [-0.2, -0.15) is 0 Å². The third-order valence-electron chi connectivity index (χ3n) is 2.84. The molecule has 1 aromatic carbocycles. The lowest BCUT2D eigenvalue weighted by Gasteiger charge is -2.15. The zero-order chi connectivity index (χ0) is 13.8. The minimum atomic E-state index is -0.406. The molecule has 5 heteroatoms. The molecule has 100 valence electrons. The van der Waals surface area contributed by atoms with Gasteiger partial charge in [0.25, 0.3) is 0 Å². The SMILES string of the molecule is COc1ncccc1C(N)Cc1cc(Cl)ccc1F. The molecule has 2 rings (SSSR count). The standard InChI is InChI=1S/C14H14ClFN2O/c1-19-14-11(3-2-6-18-14)13(17)8-9-7-10(15)4-5-12(9)16/h2-7,13H,8,17H2,1H3. The first-order chi connectivity index (χ1) is 9.11. The fourth-order valence-electron chi connectivity index (χ4n) is 1.90. The zero-order valence-electron chi connectivity index (χ0n) is 10.4. The molecule has 0 fully saturated rings. The Hall–Kier alpha value is -1.65. The summed E-state index contributed by atoms with van der Waals surface area (Å²) < 4.78 is 18.8. The van der Waals surface area contributed by atoms with Gasteiger partial charge in [0.1, 0.15) is 5.82 Å². The van der Waals surface area contributed by atoms with Crippen molar-refractivity contribution < 1.29 is 9.13 Å². The van der Waals surface area contributed by atoms with Crippen LogP contribution in [0.15, 0.2) is 36.5 Å². The first-order valence-electron chi connectivity index (χ1n) is 5.80. The van der Waals surface area contributed by atoms with E-state index in [2.05, 4.69) is 4.98 Å². The Labute approximate surface area is 116 Å². The maximum atomic E-state index is 13.7. The van der Waals surface area contributed by atoms with E-state index in [-0.39, 0.29) is 5.82 Å². The van der Waals surface area contributed by atoms with Crippen molar-refractivity contribution in [2.75, 3.05) is 7.11 Å². The van der Waals surface area contributed by atoms with Crippen molar-refractivity contribution in [1.29, 1.82) is 0 Å². The summed E-state index contributed by atoms with van der Waals surface area (Å²) in [6, 6.07) is 7.61. The molecule has 3 nitrogen and oxygen atoms in total. The fourth-order valence-corrected chi connectivity index (χ4v) is 2.10. The van der Waals surface area contributed by atoms with Crippen LogP contribution in [0.2, 0.25) is 5.02 Å². The van der Waals surface area contributed by atoms with E-state index in [4.69, 9.17) is 22.1 Å². The lowest BCUT2D eigenvalue weighted by molar-refractivity contribution is 0.388. The predicted octanol–water partition coefficient (Wildman–Crippen LogP) is 3.13. The number of aromatic nitrogens is 1. The van der Waals surface area contributed by atoms with Crippen LogP contribution < -0.4 is 10.5 Å². The molecular formula is C14H14ClFN2O. The molecule has 0 radical (unpaired) electrons. The number of hydrogen-bond donors (Lipinski definition) is 1. The Balaban J connectivity index is 2.25. The molecular weight excluding hydrogens is 267 g/mol. The number of pyridine rings is 1. The second-order valence-electron chi connectivity index (χ2n) is 4.15. The summed E-state index contributed by atoms with van der Waals surface area (Å²) in [5.41, 5.74) is 7.31. The summed E-state index contributed by atoms with van der Waals surface area (Å²) in [7, 11) is 1.53. The van der Waals surface area contributed by atoms with Crippen molar-refractivity contribution in [3.8, 4) is 5.88 Å². The largest absolute Gasteiger partial charge is 0.481 e. The summed E-state index contributed by atoms with van der Waals surface area (Å²) in [5.74, 6) is 0.139. The minimum absolute atomic E-state index is 0.317. The van der Waals surface area contributed by atoms with E-state index in [1.165, 1.54) is 19.2 Å². The molecule has 2 aromatic rings. The van der Waals surface area contributed by atoms with Gasteiger partial charge in [0, 0.05) is 22.8 Å². The highest BCUT2D eigenvalue weighted by molar-refractivity contribution is 6.30. The third kappa shape index (κ3) is 3.22. The third-order valence-corrected chi connectivity index (χ3v) is 3.08. The molecule has 0 aliphatic rings. The van der Waals surface area contributed by atoms with Gasteiger partial charge >= 0.3 is 0 Å². The second kappa shape index (κ2) is 5.99. The number of benzene rings is 1. The summed E-state index contributed by atoms with van der Waals surface area (Å²) in [5, 5.41) is 0.488. The Morgan fingerprint density at radius 1 is 1.42 bits per heavy atom. The molecule has 0 aliphatic heterocycles. The van der Waals surface area contributed by atoms with Gasteiger partial charge in [0.2, 0.25) is 5.88 Å². The van der Waals surface area contributed by atoms with E-state index in [1.54, 1.807) is 18.3 Å². The maximum absolute atomic E-state index is 13.7. The van der Waals surface area contributed by atoms with Crippen molar-refractivity contribution >= 4 is 11.6 Å². The maximum Gasteiger partial charge on any atom is 0.217 e. The molecule has 0 bridgehead atoms. The summed E-state index contributed by atoms with van der Waals surface area (Å²) in [6.45, 7) is 0. The highest BCUT2D eigenvalue weighted by Crippen LogP contribution is 2.25. The van der Waals surface area contributed by atoms with Crippen LogP contribution in [0.1, 0.15) is 17.2 Å². The molecule has 1 heterocycles. The normalized spacial score (nSPS) is 12.2. The van der Waals surface area contributed by atoms with Crippen molar-refractivity contribution in [2.45, 2.75) is 12.5 Å². The lowest BCUT2D eigenvalue weighted by atomic mass is 10.0. The molecule has 0 saturated heterocycles. The predicted molar refractivity (Wildman–Crippen MR) is 72.8 cm³/mol. The van der Waals surface area contributed by atoms with E-state index in [0.717, 1.165) is 5.56 Å². The second-order valence-corrected chi connectivity index (χ2v) is 4.58. The molecule has 19 heavy (non-hydrogen) atoms. The van der Waals surface area contributed by atoms with Crippen LogP contribution >= 0.6 is 11.6 Å². The van der Waals surface area contributed by atoms with Gasteiger partial charge < -0.3 is 10.5 Å². The summed E-state index contributed by atoms with van der Waals surface area (Å²) >= 11 is 5.86. The summed E-state index contributed by atoms with van der Waals surface area (Å²) in [4.78, 5) is 4.08. The Morgan fingerprint density at radius 2 is 2.21 bits per heavy atom. The van der Waals surface area contributed by atoms with E-state index in [9.17, 15) is 4.39 Å². The molecule has 0 spiro atoms. The van der Waals surface area contributed by atoms with Crippen molar-refractivity contribution in [1.82, 2.24) is 4.98 Å². The van der Waals surface area contributed by atoms with Crippen LogP contribution in [-0.4, -0.2) is 12.1 Å². The van der Waals surface area contributed by atoms with Crippen LogP contribution in [0.4, 0.5) is 4.39 Å². The van der Waals surface area contributed by atoms with E-state index in [0.29, 0.717) is 22.9 Å². The van der Waals surface area contributed by atoms with Gasteiger partial charge in [0.05, 0.1) is 7.11 Å². The van der Waals surface area contributed by atoms with Gasteiger partial charge in [-0.25, -0.2) is 9.37 Å². The van der Waals surface area contributed by atoms with Crippen molar-refractivity contribution in [3.05, 3.63) is 58.5 Å². The fraction of sp³-hybridized carbons (Fsp3) is 0.214. The highest BCUT2D eigenvalue weighted by Gasteiger charge is 2.15. The summed E-state index contributed by atoms with van der Waals surface area (Å²) in [6.07, 6.45) is 1.95. The number of hydrogen-bond acceptors (Lipinski definition) is 3. The number of nitrogens with two attached hydrogens (primary N) is 1. The van der Waals surface area contributed by atoms with Crippen LogP contribution in [0, 0.1) is 5.82 Å². The lowest BCUT2D eigenvalue weighted by Crippen LogP contribution is -2.15. The highest BCUT2D eigenvalue weighted by atomic mass is 35.5. The Bertz CT molecular complexity index is 577. The quantitative estimate of drug-likeness (QED) is 0.936. The van der Waals surface area contributed by atoms with Crippen molar-refractivity contribution in [2.24, 2.45) is 5.73 Å². The number of halogens is 2. The van der Waals surface area contributed by atoms with Crippen LogP contribution in [-0.2, 0) is 6.42 Å². The van der Waals surface area contributed by atoms with Gasteiger partial charge in [0.15, 0.2) is 0 Å². The van der Waals surface area contributed by atoms with Gasteiger partial charge in [-0.1, -0.05) is 17.7 Å². The average Bonchev–Trinajstić information content (AvgIpc) is 2.42. The Morgan fingerprint density at radius 3 is 2.95 bits per heavy atom.